The summed E-state index contributed by atoms with van der Waals surface area (Å²) in [6, 6.07) is 1.50. The first-order chi connectivity index (χ1) is 9.27. The monoisotopic (exact) mass is 280 g/mol. The van der Waals surface area contributed by atoms with Crippen LogP contribution >= 0.6 is 0 Å². The van der Waals surface area contributed by atoms with E-state index in [0.717, 1.165) is 18.0 Å². The SMILES string of the molecule is CC(C)(C)CC(C)(C)NC1CCCC1C1CCCCN1. The van der Waals surface area contributed by atoms with Gasteiger partial charge in [-0.1, -0.05) is 33.6 Å². The highest BCUT2D eigenvalue weighted by atomic mass is 15.0. The summed E-state index contributed by atoms with van der Waals surface area (Å²) in [6.07, 6.45) is 9.62. The van der Waals surface area contributed by atoms with Gasteiger partial charge in [-0.25, -0.2) is 0 Å². The van der Waals surface area contributed by atoms with Gasteiger partial charge in [0.25, 0.3) is 0 Å². The maximum Gasteiger partial charge on any atom is 0.0132 e. The average Bonchev–Trinajstić information content (AvgIpc) is 2.74. The minimum absolute atomic E-state index is 0.250. The zero-order valence-corrected chi connectivity index (χ0v) is 14.4. The van der Waals surface area contributed by atoms with Gasteiger partial charge in [-0.15, -0.1) is 0 Å². The highest BCUT2D eigenvalue weighted by molar-refractivity contribution is 4.96. The van der Waals surface area contributed by atoms with Crippen LogP contribution in [-0.4, -0.2) is 24.2 Å². The van der Waals surface area contributed by atoms with E-state index < -0.39 is 0 Å². The topological polar surface area (TPSA) is 24.1 Å². The largest absolute Gasteiger partial charge is 0.314 e. The van der Waals surface area contributed by atoms with Crippen LogP contribution in [0.4, 0.5) is 0 Å². The Labute approximate surface area is 126 Å². The van der Waals surface area contributed by atoms with Crippen LogP contribution in [0.25, 0.3) is 0 Å². The molecular weight excluding hydrogens is 244 g/mol. The summed E-state index contributed by atoms with van der Waals surface area (Å²) in [5.74, 6) is 0.856. The Kier molecular flexibility index (Phi) is 5.18. The number of hydrogen-bond acceptors (Lipinski definition) is 2. The highest BCUT2D eigenvalue weighted by Gasteiger charge is 2.37. The fraction of sp³-hybridized carbons (Fsp3) is 1.00. The van der Waals surface area contributed by atoms with Crippen LogP contribution in [-0.2, 0) is 0 Å². The van der Waals surface area contributed by atoms with Crippen LogP contribution in [0.3, 0.4) is 0 Å². The van der Waals surface area contributed by atoms with E-state index in [4.69, 9.17) is 0 Å². The third-order valence-corrected chi connectivity index (χ3v) is 4.98. The maximum atomic E-state index is 4.02. The van der Waals surface area contributed by atoms with E-state index in [1.165, 1.54) is 51.5 Å². The first-order valence-corrected chi connectivity index (χ1v) is 8.78. The number of piperidine rings is 1. The molecule has 20 heavy (non-hydrogen) atoms. The van der Waals surface area contributed by atoms with E-state index in [1.54, 1.807) is 0 Å². The van der Waals surface area contributed by atoms with Gasteiger partial charge in [0.05, 0.1) is 0 Å². The Morgan fingerprint density at radius 1 is 0.950 bits per heavy atom. The Morgan fingerprint density at radius 3 is 2.30 bits per heavy atom. The van der Waals surface area contributed by atoms with Crippen molar-refractivity contribution in [1.29, 1.82) is 0 Å². The molecule has 3 unspecified atom stereocenters. The van der Waals surface area contributed by atoms with E-state index in [1.807, 2.05) is 0 Å². The number of hydrogen-bond donors (Lipinski definition) is 2. The smallest absolute Gasteiger partial charge is 0.0132 e. The van der Waals surface area contributed by atoms with Gasteiger partial charge in [0.2, 0.25) is 0 Å². The lowest BCUT2D eigenvalue weighted by Gasteiger charge is -2.40. The molecule has 1 aliphatic carbocycles. The second kappa shape index (κ2) is 6.36. The zero-order valence-electron chi connectivity index (χ0n) is 14.4. The Bertz CT molecular complexity index is 297. The van der Waals surface area contributed by atoms with Gasteiger partial charge in [0.1, 0.15) is 0 Å². The second-order valence-electron chi connectivity index (χ2n) is 9.02. The molecule has 2 aliphatic rings. The van der Waals surface area contributed by atoms with Crippen LogP contribution in [0.15, 0.2) is 0 Å². The lowest BCUT2D eigenvalue weighted by Crippen LogP contribution is -2.53. The third kappa shape index (κ3) is 4.73. The zero-order chi connectivity index (χ0) is 14.8. The molecule has 1 aliphatic heterocycles. The molecule has 0 aromatic carbocycles. The van der Waals surface area contributed by atoms with Gasteiger partial charge in [-0.05, 0) is 63.8 Å². The summed E-state index contributed by atoms with van der Waals surface area (Å²) in [7, 11) is 0. The normalized spacial score (nSPS) is 32.5. The lowest BCUT2D eigenvalue weighted by molar-refractivity contribution is 0.183. The molecule has 118 valence electrons. The fourth-order valence-corrected chi connectivity index (χ4v) is 4.77. The van der Waals surface area contributed by atoms with Crippen LogP contribution in [0.2, 0.25) is 0 Å². The van der Waals surface area contributed by atoms with E-state index in [-0.39, 0.29) is 5.54 Å². The molecule has 0 radical (unpaired) electrons. The van der Waals surface area contributed by atoms with Crippen molar-refractivity contribution in [1.82, 2.24) is 10.6 Å². The molecular formula is C18H36N2. The third-order valence-electron chi connectivity index (χ3n) is 4.98. The van der Waals surface area contributed by atoms with Gasteiger partial charge >= 0.3 is 0 Å². The number of nitrogens with one attached hydrogen (secondary N) is 2. The van der Waals surface area contributed by atoms with Crippen LogP contribution in [0.5, 0.6) is 0 Å². The van der Waals surface area contributed by atoms with E-state index in [9.17, 15) is 0 Å². The molecule has 2 fully saturated rings. The number of rotatable bonds is 4. The molecule has 2 rings (SSSR count). The first-order valence-electron chi connectivity index (χ1n) is 8.78. The second-order valence-corrected chi connectivity index (χ2v) is 9.02. The fourth-order valence-electron chi connectivity index (χ4n) is 4.77. The summed E-state index contributed by atoms with van der Waals surface area (Å²) in [5, 5.41) is 7.80. The average molecular weight is 280 g/mol. The highest BCUT2D eigenvalue weighted by Crippen LogP contribution is 2.35. The molecule has 3 atom stereocenters. The molecule has 0 bridgehead atoms. The summed E-state index contributed by atoms with van der Waals surface area (Å²) in [6.45, 7) is 13.1. The quantitative estimate of drug-likeness (QED) is 0.810. The van der Waals surface area contributed by atoms with Crippen molar-refractivity contribution in [2.24, 2.45) is 11.3 Å². The molecule has 2 N–H and O–H groups in total. The summed E-state index contributed by atoms with van der Waals surface area (Å²) < 4.78 is 0. The standard InChI is InChI=1S/C18H36N2/c1-17(2,3)13-18(4,5)20-16-11-8-9-14(16)15-10-6-7-12-19-15/h14-16,19-20H,6-13H2,1-5H3. The van der Waals surface area contributed by atoms with Crippen LogP contribution < -0.4 is 10.6 Å². The van der Waals surface area contributed by atoms with E-state index in [0.29, 0.717) is 5.41 Å². The van der Waals surface area contributed by atoms with Gasteiger partial charge < -0.3 is 10.6 Å². The predicted molar refractivity (Wildman–Crippen MR) is 88.1 cm³/mol. The van der Waals surface area contributed by atoms with Crippen LogP contribution in [0.1, 0.15) is 79.6 Å². The van der Waals surface area contributed by atoms with Crippen molar-refractivity contribution in [3.8, 4) is 0 Å². The van der Waals surface area contributed by atoms with Crippen molar-refractivity contribution in [3.63, 3.8) is 0 Å². The van der Waals surface area contributed by atoms with Crippen molar-refractivity contribution >= 4 is 0 Å². The van der Waals surface area contributed by atoms with Crippen molar-refractivity contribution in [3.05, 3.63) is 0 Å². The van der Waals surface area contributed by atoms with Gasteiger partial charge in [-0.3, -0.25) is 0 Å². The summed E-state index contributed by atoms with van der Waals surface area (Å²) in [4.78, 5) is 0. The minimum atomic E-state index is 0.250. The molecule has 0 aromatic rings. The Hall–Kier alpha value is -0.0800. The van der Waals surface area contributed by atoms with Gasteiger partial charge in [0.15, 0.2) is 0 Å². The predicted octanol–water partition coefficient (Wildman–Crippen LogP) is 4.10. The van der Waals surface area contributed by atoms with Crippen molar-refractivity contribution in [2.75, 3.05) is 6.54 Å². The molecule has 2 heteroatoms. The maximum absolute atomic E-state index is 4.02. The Morgan fingerprint density at radius 2 is 1.70 bits per heavy atom. The minimum Gasteiger partial charge on any atom is -0.314 e. The van der Waals surface area contributed by atoms with Gasteiger partial charge in [0, 0.05) is 17.6 Å². The summed E-state index contributed by atoms with van der Waals surface area (Å²) >= 11 is 0. The van der Waals surface area contributed by atoms with Crippen molar-refractivity contribution < 1.29 is 0 Å². The molecule has 0 spiro atoms. The van der Waals surface area contributed by atoms with Crippen LogP contribution in [0, 0.1) is 11.3 Å². The lowest BCUT2D eigenvalue weighted by atomic mass is 9.80. The Balaban J connectivity index is 1.93. The molecule has 0 amide bonds. The molecule has 0 aromatic heterocycles. The van der Waals surface area contributed by atoms with E-state index >= 15 is 0 Å². The molecule has 1 heterocycles. The molecule has 1 saturated carbocycles. The first kappa shape index (κ1) is 16.3. The summed E-state index contributed by atoms with van der Waals surface area (Å²) in [5.41, 5.74) is 0.647. The molecule has 2 nitrogen and oxygen atoms in total. The molecule has 1 saturated heterocycles. The van der Waals surface area contributed by atoms with E-state index in [2.05, 4.69) is 45.3 Å². The van der Waals surface area contributed by atoms with Gasteiger partial charge in [-0.2, -0.15) is 0 Å². The van der Waals surface area contributed by atoms with Crippen molar-refractivity contribution in [2.45, 2.75) is 97.2 Å².